The van der Waals surface area contributed by atoms with Crippen LogP contribution in [0.5, 0.6) is 0 Å². The van der Waals surface area contributed by atoms with Gasteiger partial charge in [-0.15, -0.1) is 4.72 Å². The molecule has 0 aliphatic carbocycles. The average molecular weight is 319 g/mol. The van der Waals surface area contributed by atoms with Crippen molar-refractivity contribution in [2.45, 2.75) is 18.7 Å². The molecular weight excluding hydrogens is 304 g/mol. The Morgan fingerprint density at radius 3 is 2.76 bits per heavy atom. The van der Waals surface area contributed by atoms with Gasteiger partial charge in [0.05, 0.1) is 17.9 Å². The van der Waals surface area contributed by atoms with Crippen LogP contribution in [0.15, 0.2) is 27.6 Å². The van der Waals surface area contributed by atoms with Gasteiger partial charge in [0.2, 0.25) is 5.91 Å². The van der Waals surface area contributed by atoms with Crippen LogP contribution in [0.1, 0.15) is 12.5 Å². The molecule has 1 aromatic rings. The van der Waals surface area contributed by atoms with Crippen LogP contribution in [0.3, 0.4) is 0 Å². The molecule has 0 aliphatic rings. The van der Waals surface area contributed by atoms with Gasteiger partial charge in [-0.2, -0.15) is 0 Å². The molecule has 0 spiro atoms. The second kappa shape index (κ2) is 7.00. The zero-order valence-corrected chi connectivity index (χ0v) is 12.2. The van der Waals surface area contributed by atoms with Crippen LogP contribution in [0.2, 0.25) is 0 Å². The number of benzene rings is 1. The average Bonchev–Trinajstić information content (AvgIpc) is 2.27. The lowest BCUT2D eigenvalue weighted by Crippen LogP contribution is -2.33. The monoisotopic (exact) mass is 318 g/mol. The van der Waals surface area contributed by atoms with E-state index in [9.17, 15) is 9.35 Å². The third-order valence-electron chi connectivity index (χ3n) is 2.08. The molecule has 1 rings (SSSR count). The first-order chi connectivity index (χ1) is 8.00. The van der Waals surface area contributed by atoms with Crippen molar-refractivity contribution >= 4 is 33.2 Å². The molecule has 0 saturated heterocycles. The standard InChI is InChI=1S/C11H15BrN2O2S/c1-8-7-10(3-4-11(8)12)17(16)14-6-5-13-9(2)15/h3-4,7,14H,5-6H2,1-2H3,(H,13,15)/t17-/m0/s1. The maximum atomic E-state index is 11.8. The fourth-order valence-corrected chi connectivity index (χ4v) is 2.37. The summed E-state index contributed by atoms with van der Waals surface area (Å²) < 4.78 is 15.7. The van der Waals surface area contributed by atoms with Crippen molar-refractivity contribution in [3.8, 4) is 0 Å². The lowest BCUT2D eigenvalue weighted by Gasteiger charge is -2.11. The Bertz CT molecular complexity index is 401. The predicted molar refractivity (Wildman–Crippen MR) is 72.0 cm³/mol. The normalized spacial score (nSPS) is 12.2. The topological polar surface area (TPSA) is 64.2 Å². The summed E-state index contributed by atoms with van der Waals surface area (Å²) in [4.78, 5) is 11.4. The summed E-state index contributed by atoms with van der Waals surface area (Å²) in [6.45, 7) is 4.34. The number of hydrogen-bond acceptors (Lipinski definition) is 3. The highest BCUT2D eigenvalue weighted by Crippen LogP contribution is 2.19. The van der Waals surface area contributed by atoms with Gasteiger partial charge in [0.15, 0.2) is 4.90 Å². The number of aryl methyl sites for hydroxylation is 1. The van der Waals surface area contributed by atoms with Crippen LogP contribution in [0.25, 0.3) is 0 Å². The SMILES string of the molecule is CC(=O)NCCN[S@@+]([O-])c1ccc(Br)c(C)c1. The first-order valence-corrected chi connectivity index (χ1v) is 7.11. The molecule has 6 heteroatoms. The molecule has 0 saturated carbocycles. The minimum atomic E-state index is -1.24. The number of amides is 1. The fraction of sp³-hybridized carbons (Fsp3) is 0.364. The molecule has 94 valence electrons. The van der Waals surface area contributed by atoms with Crippen LogP contribution in [0, 0.1) is 6.92 Å². The highest BCUT2D eigenvalue weighted by Gasteiger charge is 2.11. The molecule has 0 fully saturated rings. The van der Waals surface area contributed by atoms with Crippen LogP contribution in [-0.2, 0) is 16.2 Å². The van der Waals surface area contributed by atoms with Crippen molar-refractivity contribution in [1.29, 1.82) is 0 Å². The largest absolute Gasteiger partial charge is 0.593 e. The lowest BCUT2D eigenvalue weighted by molar-refractivity contribution is -0.118. The molecule has 0 radical (unpaired) electrons. The van der Waals surface area contributed by atoms with Gasteiger partial charge < -0.3 is 9.87 Å². The van der Waals surface area contributed by atoms with Gasteiger partial charge >= 0.3 is 0 Å². The number of carbonyl (C=O) groups is 1. The van der Waals surface area contributed by atoms with E-state index in [4.69, 9.17) is 0 Å². The van der Waals surface area contributed by atoms with Gasteiger partial charge in [-0.1, -0.05) is 15.9 Å². The van der Waals surface area contributed by atoms with Gasteiger partial charge in [-0.3, -0.25) is 4.79 Å². The smallest absolute Gasteiger partial charge is 0.216 e. The Morgan fingerprint density at radius 1 is 1.47 bits per heavy atom. The van der Waals surface area contributed by atoms with E-state index in [0.29, 0.717) is 13.1 Å². The second-order valence-corrected chi connectivity index (χ2v) is 5.71. The van der Waals surface area contributed by atoms with E-state index in [1.807, 2.05) is 19.1 Å². The first-order valence-electron chi connectivity index (χ1n) is 5.16. The van der Waals surface area contributed by atoms with E-state index in [2.05, 4.69) is 26.0 Å². The van der Waals surface area contributed by atoms with E-state index in [1.165, 1.54) is 6.92 Å². The van der Waals surface area contributed by atoms with Gasteiger partial charge in [-0.05, 0) is 30.7 Å². The van der Waals surface area contributed by atoms with E-state index in [-0.39, 0.29) is 5.91 Å². The molecular formula is C11H15BrN2O2S. The summed E-state index contributed by atoms with van der Waals surface area (Å²) >= 11 is 2.15. The van der Waals surface area contributed by atoms with Gasteiger partial charge in [-0.25, -0.2) is 0 Å². The summed E-state index contributed by atoms with van der Waals surface area (Å²) in [5.41, 5.74) is 1.04. The number of rotatable bonds is 5. The second-order valence-electron chi connectivity index (χ2n) is 3.56. The summed E-state index contributed by atoms with van der Waals surface area (Å²) in [6.07, 6.45) is 0. The highest BCUT2D eigenvalue weighted by molar-refractivity contribution is 9.10. The van der Waals surface area contributed by atoms with E-state index >= 15 is 0 Å². The number of hydrogen-bond donors (Lipinski definition) is 2. The van der Waals surface area contributed by atoms with Gasteiger partial charge in [0.1, 0.15) is 0 Å². The summed E-state index contributed by atoms with van der Waals surface area (Å²) in [6, 6.07) is 5.54. The molecule has 0 aromatic heterocycles. The fourth-order valence-electron chi connectivity index (χ4n) is 1.20. The Morgan fingerprint density at radius 2 is 2.18 bits per heavy atom. The summed E-state index contributed by atoms with van der Waals surface area (Å²) in [5, 5.41) is 2.63. The number of carbonyl (C=O) groups excluding carboxylic acids is 1. The predicted octanol–water partition coefficient (Wildman–Crippen LogP) is 1.51. The van der Waals surface area contributed by atoms with E-state index in [0.717, 1.165) is 14.9 Å². The van der Waals surface area contributed by atoms with Crippen molar-refractivity contribution < 1.29 is 9.35 Å². The lowest BCUT2D eigenvalue weighted by atomic mass is 10.2. The van der Waals surface area contributed by atoms with E-state index < -0.39 is 11.4 Å². The molecule has 17 heavy (non-hydrogen) atoms. The molecule has 0 heterocycles. The van der Waals surface area contributed by atoms with Crippen LogP contribution in [0.4, 0.5) is 0 Å². The molecule has 1 atom stereocenters. The Labute approximate surface area is 113 Å². The maximum absolute atomic E-state index is 11.8. The first kappa shape index (κ1) is 14.5. The quantitative estimate of drug-likeness (QED) is 0.639. The number of halogens is 1. The van der Waals surface area contributed by atoms with Gasteiger partial charge in [0.25, 0.3) is 0 Å². The zero-order valence-electron chi connectivity index (χ0n) is 9.75. The molecule has 0 bridgehead atoms. The summed E-state index contributed by atoms with van der Waals surface area (Å²) in [5.74, 6) is -0.0860. The Hall–Kier alpha value is -0.560. The van der Waals surface area contributed by atoms with Crippen molar-refractivity contribution in [2.24, 2.45) is 0 Å². The third kappa shape index (κ3) is 5.08. The molecule has 2 N–H and O–H groups in total. The minimum absolute atomic E-state index is 0.0860. The highest BCUT2D eigenvalue weighted by atomic mass is 79.9. The molecule has 1 amide bonds. The van der Waals surface area contributed by atoms with Crippen LogP contribution >= 0.6 is 15.9 Å². The number of nitrogens with one attached hydrogen (secondary N) is 2. The molecule has 1 aromatic carbocycles. The van der Waals surface area contributed by atoms with Crippen LogP contribution in [-0.4, -0.2) is 23.5 Å². The third-order valence-corrected chi connectivity index (χ3v) is 4.11. The molecule has 4 nitrogen and oxygen atoms in total. The zero-order chi connectivity index (χ0) is 12.8. The Balaban J connectivity index is 2.44. The van der Waals surface area contributed by atoms with Crippen molar-refractivity contribution in [3.63, 3.8) is 0 Å². The van der Waals surface area contributed by atoms with Crippen molar-refractivity contribution in [2.75, 3.05) is 13.1 Å². The minimum Gasteiger partial charge on any atom is -0.593 e. The van der Waals surface area contributed by atoms with Crippen molar-refractivity contribution in [3.05, 3.63) is 28.2 Å². The van der Waals surface area contributed by atoms with Crippen molar-refractivity contribution in [1.82, 2.24) is 10.0 Å². The van der Waals surface area contributed by atoms with Gasteiger partial charge in [0, 0.05) is 17.9 Å². The Kier molecular flexibility index (Phi) is 5.97. The molecule has 0 unspecified atom stereocenters. The van der Waals surface area contributed by atoms with E-state index in [1.54, 1.807) is 6.07 Å². The van der Waals surface area contributed by atoms with Crippen LogP contribution < -0.4 is 10.0 Å². The maximum Gasteiger partial charge on any atom is 0.216 e. The molecule has 0 aliphatic heterocycles. The summed E-state index contributed by atoms with van der Waals surface area (Å²) in [7, 11) is 0.